The number of hydrogen-bond donors (Lipinski definition) is 2. The van der Waals surface area contributed by atoms with Gasteiger partial charge in [-0.05, 0) is 31.0 Å². The molecule has 2 atom stereocenters. The molecule has 0 saturated heterocycles. The number of sulfonamides is 1. The van der Waals surface area contributed by atoms with Crippen LogP contribution in [-0.2, 0) is 21.2 Å². The minimum atomic E-state index is -3.34. The van der Waals surface area contributed by atoms with E-state index in [4.69, 9.17) is 4.74 Å². The molecule has 0 spiro atoms. The minimum absolute atomic E-state index is 0. The van der Waals surface area contributed by atoms with Crippen molar-refractivity contribution in [3.8, 4) is 0 Å². The Kier molecular flexibility index (Phi) is 7.09. The quantitative estimate of drug-likeness (QED) is 0.821. The Labute approximate surface area is 132 Å². The highest BCUT2D eigenvalue weighted by atomic mass is 35.5. The third kappa shape index (κ3) is 4.66. The van der Waals surface area contributed by atoms with Gasteiger partial charge in [0, 0.05) is 19.7 Å². The number of nitrogens with one attached hydrogen (secondary N) is 2. The monoisotopic (exact) mass is 334 g/mol. The van der Waals surface area contributed by atoms with Crippen molar-refractivity contribution >= 4 is 22.4 Å². The van der Waals surface area contributed by atoms with E-state index in [0.717, 1.165) is 13.0 Å². The van der Waals surface area contributed by atoms with Crippen LogP contribution in [0.15, 0.2) is 24.3 Å². The molecular weight excluding hydrogens is 312 g/mol. The van der Waals surface area contributed by atoms with E-state index in [-0.39, 0.29) is 25.1 Å². The van der Waals surface area contributed by atoms with Crippen molar-refractivity contribution in [1.82, 2.24) is 10.0 Å². The van der Waals surface area contributed by atoms with Gasteiger partial charge >= 0.3 is 0 Å². The second-order valence-corrected chi connectivity index (χ2v) is 7.30. The maximum atomic E-state index is 12.1. The van der Waals surface area contributed by atoms with Gasteiger partial charge in [-0.1, -0.05) is 24.3 Å². The molecule has 5 nitrogen and oxygen atoms in total. The molecule has 2 rings (SSSR count). The van der Waals surface area contributed by atoms with E-state index >= 15 is 0 Å². The first-order valence-electron chi connectivity index (χ1n) is 6.83. The topological polar surface area (TPSA) is 67.4 Å². The predicted molar refractivity (Wildman–Crippen MR) is 86.4 cm³/mol. The van der Waals surface area contributed by atoms with Crippen LogP contribution in [0.4, 0.5) is 0 Å². The lowest BCUT2D eigenvalue weighted by Crippen LogP contribution is -2.42. The van der Waals surface area contributed by atoms with Gasteiger partial charge in [-0.25, -0.2) is 13.1 Å². The van der Waals surface area contributed by atoms with E-state index in [9.17, 15) is 8.42 Å². The third-order valence-electron chi connectivity index (χ3n) is 3.64. The Balaban J connectivity index is 0.00000220. The van der Waals surface area contributed by atoms with Crippen molar-refractivity contribution in [1.29, 1.82) is 0 Å². The Hall–Kier alpha value is -0.660. The highest BCUT2D eigenvalue weighted by molar-refractivity contribution is 7.90. The van der Waals surface area contributed by atoms with E-state index in [1.807, 2.05) is 12.1 Å². The molecule has 0 fully saturated rings. The summed E-state index contributed by atoms with van der Waals surface area (Å²) < 4.78 is 31.7. The summed E-state index contributed by atoms with van der Waals surface area (Å²) in [4.78, 5) is 0. The van der Waals surface area contributed by atoms with Gasteiger partial charge in [0.15, 0.2) is 0 Å². The van der Waals surface area contributed by atoms with E-state index in [0.29, 0.717) is 6.54 Å². The molecule has 1 aliphatic heterocycles. The van der Waals surface area contributed by atoms with Crippen LogP contribution >= 0.6 is 12.4 Å². The van der Waals surface area contributed by atoms with Crippen LogP contribution in [0, 0.1) is 0 Å². The van der Waals surface area contributed by atoms with Crippen LogP contribution in [0.5, 0.6) is 0 Å². The lowest BCUT2D eigenvalue weighted by Gasteiger charge is -2.27. The molecule has 0 bridgehead atoms. The Morgan fingerprint density at radius 2 is 2.14 bits per heavy atom. The van der Waals surface area contributed by atoms with Crippen molar-refractivity contribution in [3.63, 3.8) is 0 Å². The molecule has 0 aliphatic carbocycles. The summed E-state index contributed by atoms with van der Waals surface area (Å²) in [5.74, 6) is 0. The van der Waals surface area contributed by atoms with Gasteiger partial charge in [-0.15, -0.1) is 12.4 Å². The lowest BCUT2D eigenvalue weighted by molar-refractivity contribution is 0.200. The number of fused-ring (bicyclic) bond motifs is 1. The first-order chi connectivity index (χ1) is 9.54. The number of halogens is 1. The number of hydrogen-bond acceptors (Lipinski definition) is 4. The lowest BCUT2D eigenvalue weighted by atomic mass is 9.95. The summed E-state index contributed by atoms with van der Waals surface area (Å²) in [6.45, 7) is 3.09. The predicted octanol–water partition coefficient (Wildman–Crippen LogP) is 1.25. The van der Waals surface area contributed by atoms with Gasteiger partial charge in [0.2, 0.25) is 10.0 Å². The Morgan fingerprint density at radius 3 is 2.86 bits per heavy atom. The number of ether oxygens (including phenoxy) is 1. The maximum absolute atomic E-state index is 12.1. The van der Waals surface area contributed by atoms with E-state index in [1.165, 1.54) is 18.2 Å². The van der Waals surface area contributed by atoms with Crippen molar-refractivity contribution in [2.75, 3.05) is 26.8 Å². The van der Waals surface area contributed by atoms with Crippen LogP contribution in [0.3, 0.4) is 0 Å². The zero-order valence-corrected chi connectivity index (χ0v) is 14.0. The molecule has 7 heteroatoms. The molecule has 0 radical (unpaired) electrons. The van der Waals surface area contributed by atoms with Crippen LogP contribution < -0.4 is 10.0 Å². The van der Waals surface area contributed by atoms with Crippen LogP contribution in [-0.4, -0.2) is 40.5 Å². The second kappa shape index (κ2) is 8.10. The van der Waals surface area contributed by atoms with E-state index in [1.54, 1.807) is 6.92 Å². The molecular formula is C14H23ClN2O3S. The van der Waals surface area contributed by atoms with Crippen LogP contribution in [0.25, 0.3) is 0 Å². The fourth-order valence-corrected chi connectivity index (χ4v) is 3.44. The van der Waals surface area contributed by atoms with E-state index < -0.39 is 15.3 Å². The van der Waals surface area contributed by atoms with Gasteiger partial charge in [0.05, 0.1) is 11.9 Å². The first-order valence-corrected chi connectivity index (χ1v) is 8.38. The maximum Gasteiger partial charge on any atom is 0.216 e. The Morgan fingerprint density at radius 1 is 1.43 bits per heavy atom. The summed E-state index contributed by atoms with van der Waals surface area (Å²) >= 11 is 0. The smallest absolute Gasteiger partial charge is 0.216 e. The molecule has 1 aliphatic rings. The van der Waals surface area contributed by atoms with Gasteiger partial charge < -0.3 is 10.1 Å². The third-order valence-corrected chi connectivity index (χ3v) is 5.40. The molecule has 0 amide bonds. The zero-order valence-electron chi connectivity index (χ0n) is 12.3. The second-order valence-electron chi connectivity index (χ2n) is 5.11. The normalized spacial score (nSPS) is 19.4. The van der Waals surface area contributed by atoms with Crippen molar-refractivity contribution in [2.45, 2.75) is 24.6 Å². The van der Waals surface area contributed by atoms with Crippen molar-refractivity contribution < 1.29 is 13.2 Å². The Bertz CT molecular complexity index is 551. The summed E-state index contributed by atoms with van der Waals surface area (Å²) in [5, 5.41) is 2.81. The highest BCUT2D eigenvalue weighted by Crippen LogP contribution is 2.22. The van der Waals surface area contributed by atoms with Crippen molar-refractivity contribution in [3.05, 3.63) is 35.4 Å². The average molecular weight is 335 g/mol. The standard InChI is InChI=1S/C14H22N2O3S.ClH/c1-11(10-19-2)20(17,18)16-9-14-13-6-4-3-5-12(13)7-8-15-14;/h3-6,11,14-16H,7-10H2,1-2H3;1H. The van der Waals surface area contributed by atoms with Gasteiger partial charge in [0.1, 0.15) is 0 Å². The molecule has 2 N–H and O–H groups in total. The van der Waals surface area contributed by atoms with Gasteiger partial charge in [-0.2, -0.15) is 0 Å². The van der Waals surface area contributed by atoms with Crippen LogP contribution in [0.1, 0.15) is 24.1 Å². The van der Waals surface area contributed by atoms with Gasteiger partial charge in [-0.3, -0.25) is 0 Å². The molecule has 1 aromatic rings. The fraction of sp³-hybridized carbons (Fsp3) is 0.571. The van der Waals surface area contributed by atoms with Crippen LogP contribution in [0.2, 0.25) is 0 Å². The number of benzene rings is 1. The molecule has 120 valence electrons. The number of methoxy groups -OCH3 is 1. The average Bonchev–Trinajstić information content (AvgIpc) is 2.45. The van der Waals surface area contributed by atoms with Crippen molar-refractivity contribution in [2.24, 2.45) is 0 Å². The number of rotatable bonds is 6. The zero-order chi connectivity index (χ0) is 14.6. The molecule has 0 aromatic heterocycles. The molecule has 1 aromatic carbocycles. The largest absolute Gasteiger partial charge is 0.383 e. The summed E-state index contributed by atoms with van der Waals surface area (Å²) in [5.41, 5.74) is 2.47. The first kappa shape index (κ1) is 18.4. The molecule has 2 unspecified atom stereocenters. The molecule has 1 heterocycles. The summed E-state index contributed by atoms with van der Waals surface area (Å²) in [6.07, 6.45) is 0.986. The molecule has 0 saturated carbocycles. The fourth-order valence-electron chi connectivity index (χ4n) is 2.44. The highest BCUT2D eigenvalue weighted by Gasteiger charge is 2.24. The SMILES string of the molecule is COCC(C)S(=O)(=O)NCC1NCCc2ccccc21.Cl. The van der Waals surface area contributed by atoms with Gasteiger partial charge in [0.25, 0.3) is 0 Å². The van der Waals surface area contributed by atoms with E-state index in [2.05, 4.69) is 22.2 Å². The molecule has 21 heavy (non-hydrogen) atoms. The summed E-state index contributed by atoms with van der Waals surface area (Å²) in [7, 11) is -1.83. The minimum Gasteiger partial charge on any atom is -0.383 e. The summed E-state index contributed by atoms with van der Waals surface area (Å²) in [6, 6.07) is 8.20.